The monoisotopic (exact) mass is 328 g/mol. The van der Waals surface area contributed by atoms with Crippen LogP contribution in [0.1, 0.15) is 50.5 Å². The summed E-state index contributed by atoms with van der Waals surface area (Å²) in [5, 5.41) is 13.1. The van der Waals surface area contributed by atoms with E-state index in [0.29, 0.717) is 12.0 Å². The van der Waals surface area contributed by atoms with Crippen LogP contribution in [0.3, 0.4) is 0 Å². The lowest BCUT2D eigenvalue weighted by Crippen LogP contribution is -2.56. The first kappa shape index (κ1) is 15.5. The zero-order valence-electron chi connectivity index (χ0n) is 13.9. The molecule has 4 rings (SSSR count). The summed E-state index contributed by atoms with van der Waals surface area (Å²) in [5.74, 6) is -0.340. The summed E-state index contributed by atoms with van der Waals surface area (Å²) >= 11 is 0. The van der Waals surface area contributed by atoms with Crippen molar-refractivity contribution in [3.05, 3.63) is 29.8 Å². The molecular weight excluding hydrogens is 304 g/mol. The number of anilines is 1. The first-order valence-corrected chi connectivity index (χ1v) is 9.06. The number of carboxylic acids is 1. The summed E-state index contributed by atoms with van der Waals surface area (Å²) in [5.41, 5.74) is 2.47. The van der Waals surface area contributed by atoms with E-state index in [-0.39, 0.29) is 24.8 Å². The lowest BCUT2D eigenvalue weighted by molar-refractivity contribution is -0.141. The largest absolute Gasteiger partial charge is 0.481 e. The molecule has 0 bridgehead atoms. The Morgan fingerprint density at radius 1 is 1.12 bits per heavy atom. The fourth-order valence-electron chi connectivity index (χ4n) is 4.37. The number of benzene rings is 1. The van der Waals surface area contributed by atoms with Gasteiger partial charge in [0, 0.05) is 6.42 Å². The number of carbonyl (C=O) groups is 2. The maximum absolute atomic E-state index is 12.8. The summed E-state index contributed by atoms with van der Waals surface area (Å²) in [6, 6.07) is 9.02. The van der Waals surface area contributed by atoms with Gasteiger partial charge in [0.25, 0.3) is 0 Å². The van der Waals surface area contributed by atoms with Gasteiger partial charge in [0.05, 0.1) is 24.2 Å². The third-order valence-corrected chi connectivity index (χ3v) is 5.59. The first-order valence-electron chi connectivity index (χ1n) is 9.06. The van der Waals surface area contributed by atoms with E-state index in [4.69, 9.17) is 5.11 Å². The SMILES string of the molecule is O=C(O)CCC(=O)N(C1CC1)N1c2ccccc2CC2CCCC21. The highest BCUT2D eigenvalue weighted by Crippen LogP contribution is 2.45. The number of hydrogen-bond acceptors (Lipinski definition) is 3. The molecule has 2 unspecified atom stereocenters. The number of para-hydroxylation sites is 1. The average molecular weight is 328 g/mol. The van der Waals surface area contributed by atoms with Gasteiger partial charge in [0.2, 0.25) is 5.91 Å². The van der Waals surface area contributed by atoms with Crippen molar-refractivity contribution < 1.29 is 14.7 Å². The van der Waals surface area contributed by atoms with E-state index in [1.807, 2.05) is 11.1 Å². The molecule has 1 aromatic rings. The molecule has 1 amide bonds. The molecule has 24 heavy (non-hydrogen) atoms. The minimum atomic E-state index is -0.906. The second kappa shape index (κ2) is 6.11. The lowest BCUT2D eigenvalue weighted by Gasteiger charge is -2.47. The molecule has 0 spiro atoms. The van der Waals surface area contributed by atoms with E-state index in [0.717, 1.165) is 31.4 Å². The van der Waals surface area contributed by atoms with Gasteiger partial charge in [-0.1, -0.05) is 24.6 Å². The number of hydrazine groups is 1. The molecule has 5 nitrogen and oxygen atoms in total. The van der Waals surface area contributed by atoms with Gasteiger partial charge in [0.15, 0.2) is 0 Å². The van der Waals surface area contributed by atoms with Crippen LogP contribution in [-0.2, 0) is 16.0 Å². The van der Waals surface area contributed by atoms with Gasteiger partial charge in [-0.3, -0.25) is 19.6 Å². The van der Waals surface area contributed by atoms with Gasteiger partial charge in [0.1, 0.15) is 0 Å². The quantitative estimate of drug-likeness (QED) is 0.903. The molecule has 2 aliphatic carbocycles. The normalized spacial score (nSPS) is 25.1. The van der Waals surface area contributed by atoms with Crippen molar-refractivity contribution in [2.45, 2.75) is 63.5 Å². The molecule has 0 saturated heterocycles. The average Bonchev–Trinajstić information content (AvgIpc) is 3.29. The van der Waals surface area contributed by atoms with Crippen molar-refractivity contribution in [1.29, 1.82) is 0 Å². The zero-order chi connectivity index (χ0) is 16.7. The highest BCUT2D eigenvalue weighted by molar-refractivity contribution is 5.83. The highest BCUT2D eigenvalue weighted by atomic mass is 16.4. The Morgan fingerprint density at radius 3 is 2.67 bits per heavy atom. The summed E-state index contributed by atoms with van der Waals surface area (Å²) in [6.45, 7) is 0. The standard InChI is InChI=1S/C19H24N2O3/c22-18(10-11-19(23)24)20(15-8-9-15)21-16-6-2-1-4-13(16)12-14-5-3-7-17(14)21/h1-2,4,6,14-15,17H,3,5,7-12H2,(H,23,24). The van der Waals surface area contributed by atoms with Crippen molar-refractivity contribution in [2.75, 3.05) is 5.01 Å². The molecule has 2 atom stereocenters. The minimum absolute atomic E-state index is 0.0396. The number of rotatable bonds is 5. The molecule has 5 heteroatoms. The van der Waals surface area contributed by atoms with Gasteiger partial charge in [-0.15, -0.1) is 0 Å². The molecule has 0 aromatic heterocycles. The molecule has 1 aromatic carbocycles. The molecule has 1 aliphatic heterocycles. The van der Waals surface area contributed by atoms with Gasteiger partial charge in [-0.2, -0.15) is 0 Å². The van der Waals surface area contributed by atoms with E-state index >= 15 is 0 Å². The minimum Gasteiger partial charge on any atom is -0.481 e. The van der Waals surface area contributed by atoms with Crippen molar-refractivity contribution in [3.63, 3.8) is 0 Å². The number of fused-ring (bicyclic) bond motifs is 2. The molecule has 1 heterocycles. The topological polar surface area (TPSA) is 60.9 Å². The third kappa shape index (κ3) is 2.76. The van der Waals surface area contributed by atoms with Crippen LogP contribution >= 0.6 is 0 Å². The van der Waals surface area contributed by atoms with E-state index < -0.39 is 5.97 Å². The summed E-state index contributed by atoms with van der Waals surface area (Å²) in [7, 11) is 0. The van der Waals surface area contributed by atoms with Gasteiger partial charge in [-0.25, -0.2) is 0 Å². The molecule has 1 N–H and O–H groups in total. The zero-order valence-corrected chi connectivity index (χ0v) is 13.9. The molecule has 128 valence electrons. The number of amides is 1. The maximum atomic E-state index is 12.8. The number of nitrogens with zero attached hydrogens (tertiary/aromatic N) is 2. The van der Waals surface area contributed by atoms with Crippen LogP contribution in [0, 0.1) is 5.92 Å². The number of carbonyl (C=O) groups excluding carboxylic acids is 1. The summed E-state index contributed by atoms with van der Waals surface area (Å²) in [6.07, 6.45) is 6.68. The number of carboxylic acid groups (broad SMARTS) is 1. The second-order valence-electron chi connectivity index (χ2n) is 7.30. The lowest BCUT2D eigenvalue weighted by atomic mass is 9.88. The van der Waals surface area contributed by atoms with Crippen LogP contribution in [0.15, 0.2) is 24.3 Å². The molecular formula is C19H24N2O3. The third-order valence-electron chi connectivity index (χ3n) is 5.59. The summed E-state index contributed by atoms with van der Waals surface area (Å²) in [4.78, 5) is 23.7. The smallest absolute Gasteiger partial charge is 0.303 e. The van der Waals surface area contributed by atoms with E-state index in [1.54, 1.807) is 0 Å². The van der Waals surface area contributed by atoms with Crippen molar-refractivity contribution in [2.24, 2.45) is 5.92 Å². The van der Waals surface area contributed by atoms with Crippen LogP contribution in [-0.4, -0.2) is 34.1 Å². The Hall–Kier alpha value is -2.04. The van der Waals surface area contributed by atoms with E-state index in [2.05, 4.69) is 23.2 Å². The molecule has 2 saturated carbocycles. The van der Waals surface area contributed by atoms with E-state index in [9.17, 15) is 9.59 Å². The van der Waals surface area contributed by atoms with Crippen LogP contribution in [0.2, 0.25) is 0 Å². The fourth-order valence-corrected chi connectivity index (χ4v) is 4.37. The van der Waals surface area contributed by atoms with Crippen LogP contribution in [0.4, 0.5) is 5.69 Å². The predicted octanol–water partition coefficient (Wildman–Crippen LogP) is 2.99. The Morgan fingerprint density at radius 2 is 1.92 bits per heavy atom. The van der Waals surface area contributed by atoms with Crippen molar-refractivity contribution >= 4 is 17.6 Å². The number of aliphatic carboxylic acids is 1. The maximum Gasteiger partial charge on any atom is 0.303 e. The Labute approximate surface area is 142 Å². The predicted molar refractivity (Wildman–Crippen MR) is 90.5 cm³/mol. The Balaban J connectivity index is 1.67. The Kier molecular flexibility index (Phi) is 3.94. The second-order valence-corrected chi connectivity index (χ2v) is 7.30. The fraction of sp³-hybridized carbons (Fsp3) is 0.579. The van der Waals surface area contributed by atoms with Gasteiger partial charge in [-0.05, 0) is 49.7 Å². The van der Waals surface area contributed by atoms with Crippen LogP contribution in [0.25, 0.3) is 0 Å². The number of hydrogen-bond donors (Lipinski definition) is 1. The summed E-state index contributed by atoms with van der Waals surface area (Å²) < 4.78 is 0. The molecule has 2 fully saturated rings. The Bertz CT molecular complexity index is 656. The molecule has 3 aliphatic rings. The van der Waals surface area contributed by atoms with Gasteiger partial charge >= 0.3 is 5.97 Å². The van der Waals surface area contributed by atoms with E-state index in [1.165, 1.54) is 18.4 Å². The first-order chi connectivity index (χ1) is 11.6. The van der Waals surface area contributed by atoms with Crippen LogP contribution in [0.5, 0.6) is 0 Å². The van der Waals surface area contributed by atoms with Gasteiger partial charge < -0.3 is 5.11 Å². The molecule has 0 radical (unpaired) electrons. The highest BCUT2D eigenvalue weighted by Gasteiger charge is 2.45. The van der Waals surface area contributed by atoms with Crippen molar-refractivity contribution in [1.82, 2.24) is 5.01 Å². The van der Waals surface area contributed by atoms with Crippen LogP contribution < -0.4 is 5.01 Å². The van der Waals surface area contributed by atoms with Crippen molar-refractivity contribution in [3.8, 4) is 0 Å².